The lowest BCUT2D eigenvalue weighted by Gasteiger charge is -2.35. The van der Waals surface area contributed by atoms with Crippen molar-refractivity contribution < 1.29 is 9.53 Å². The Kier molecular flexibility index (Phi) is 2.83. The number of anilines is 1. The van der Waals surface area contributed by atoms with Crippen LogP contribution in [-0.2, 0) is 0 Å². The average Bonchev–Trinajstić information content (AvgIpc) is 2.29. The summed E-state index contributed by atoms with van der Waals surface area (Å²) < 4.78 is 5.60. The number of nitrogens with two attached hydrogens (primary N) is 1. The molecule has 4 nitrogen and oxygen atoms in total. The number of rotatable bonds is 2. The molecule has 0 spiro atoms. The fourth-order valence-corrected chi connectivity index (χ4v) is 1.85. The molecule has 16 heavy (non-hydrogen) atoms. The maximum Gasteiger partial charge on any atom is 0.159 e. The molecule has 0 saturated heterocycles. The van der Waals surface area contributed by atoms with Gasteiger partial charge in [0.25, 0.3) is 0 Å². The van der Waals surface area contributed by atoms with Gasteiger partial charge < -0.3 is 15.4 Å². The van der Waals surface area contributed by atoms with Gasteiger partial charge in [0, 0.05) is 19.2 Å². The Balaban J connectivity index is 2.40. The molecule has 1 aliphatic heterocycles. The normalized spacial score (nSPS) is 18.9. The van der Waals surface area contributed by atoms with E-state index < -0.39 is 0 Å². The third-order valence-electron chi connectivity index (χ3n) is 3.00. The summed E-state index contributed by atoms with van der Waals surface area (Å²) in [4.78, 5) is 13.4. The minimum Gasteiger partial charge on any atom is -0.489 e. The van der Waals surface area contributed by atoms with Crippen LogP contribution in [0, 0.1) is 0 Å². The van der Waals surface area contributed by atoms with Crippen LogP contribution in [0.5, 0.6) is 5.75 Å². The SMILES string of the molecule is CC(=O)c1ccc2c(c1)N(C)C(CN)CO2. The molecule has 1 unspecified atom stereocenters. The van der Waals surface area contributed by atoms with Crippen molar-refractivity contribution in [1.82, 2.24) is 0 Å². The van der Waals surface area contributed by atoms with E-state index in [2.05, 4.69) is 4.90 Å². The summed E-state index contributed by atoms with van der Waals surface area (Å²) in [7, 11) is 1.97. The largest absolute Gasteiger partial charge is 0.489 e. The third kappa shape index (κ3) is 1.76. The molecule has 2 rings (SSSR count). The second-order valence-electron chi connectivity index (χ2n) is 4.05. The molecular formula is C12H16N2O2. The summed E-state index contributed by atoms with van der Waals surface area (Å²) in [5.74, 6) is 0.878. The molecule has 2 N–H and O–H groups in total. The Hall–Kier alpha value is -1.55. The molecule has 0 radical (unpaired) electrons. The number of benzene rings is 1. The second kappa shape index (κ2) is 4.14. The van der Waals surface area contributed by atoms with E-state index in [1.165, 1.54) is 0 Å². The van der Waals surface area contributed by atoms with Gasteiger partial charge in [-0.25, -0.2) is 0 Å². The van der Waals surface area contributed by atoms with Gasteiger partial charge in [-0.15, -0.1) is 0 Å². The molecule has 0 saturated carbocycles. The number of carbonyl (C=O) groups excluding carboxylic acids is 1. The van der Waals surface area contributed by atoms with Gasteiger partial charge in [0.2, 0.25) is 0 Å². The predicted octanol–water partition coefficient (Wildman–Crippen LogP) is 1.05. The Bertz CT molecular complexity index is 417. The average molecular weight is 220 g/mol. The smallest absolute Gasteiger partial charge is 0.159 e. The van der Waals surface area contributed by atoms with E-state index in [9.17, 15) is 4.79 Å². The molecule has 1 heterocycles. The van der Waals surface area contributed by atoms with Gasteiger partial charge in [-0.3, -0.25) is 4.79 Å². The van der Waals surface area contributed by atoms with Crippen molar-refractivity contribution in [2.75, 3.05) is 25.1 Å². The number of hydrogen-bond donors (Lipinski definition) is 1. The predicted molar refractivity (Wildman–Crippen MR) is 63.2 cm³/mol. The Morgan fingerprint density at radius 2 is 2.38 bits per heavy atom. The summed E-state index contributed by atoms with van der Waals surface area (Å²) >= 11 is 0. The fourth-order valence-electron chi connectivity index (χ4n) is 1.85. The summed E-state index contributed by atoms with van der Waals surface area (Å²) in [6.45, 7) is 2.70. The Morgan fingerprint density at radius 3 is 3.00 bits per heavy atom. The number of likely N-dealkylation sites (N-methyl/N-ethyl adjacent to an activating group) is 1. The van der Waals surface area contributed by atoms with Crippen molar-refractivity contribution in [2.45, 2.75) is 13.0 Å². The molecule has 1 aliphatic rings. The van der Waals surface area contributed by atoms with Crippen LogP contribution < -0.4 is 15.4 Å². The van der Waals surface area contributed by atoms with Crippen LogP contribution in [0.4, 0.5) is 5.69 Å². The topological polar surface area (TPSA) is 55.6 Å². The molecule has 0 fully saturated rings. The molecule has 1 atom stereocenters. The van der Waals surface area contributed by atoms with Crippen LogP contribution in [-0.4, -0.2) is 32.0 Å². The van der Waals surface area contributed by atoms with Gasteiger partial charge in [0.05, 0.1) is 11.7 Å². The standard InChI is InChI=1S/C12H16N2O2/c1-8(15)9-3-4-12-11(5-9)14(2)10(6-13)7-16-12/h3-5,10H,6-7,13H2,1-2H3. The molecule has 1 aromatic rings. The first-order valence-corrected chi connectivity index (χ1v) is 5.34. The van der Waals surface area contributed by atoms with E-state index >= 15 is 0 Å². The van der Waals surface area contributed by atoms with E-state index in [-0.39, 0.29) is 11.8 Å². The second-order valence-corrected chi connectivity index (χ2v) is 4.05. The fraction of sp³-hybridized carbons (Fsp3) is 0.417. The number of hydrogen-bond acceptors (Lipinski definition) is 4. The number of carbonyl (C=O) groups is 1. The van der Waals surface area contributed by atoms with Crippen LogP contribution in [0.2, 0.25) is 0 Å². The van der Waals surface area contributed by atoms with E-state index in [4.69, 9.17) is 10.5 Å². The van der Waals surface area contributed by atoms with Crippen molar-refractivity contribution in [1.29, 1.82) is 0 Å². The lowest BCUT2D eigenvalue weighted by molar-refractivity contribution is 0.101. The first-order valence-electron chi connectivity index (χ1n) is 5.34. The quantitative estimate of drug-likeness (QED) is 0.757. The summed E-state index contributed by atoms with van der Waals surface area (Å²) in [5, 5.41) is 0. The Labute approximate surface area is 95.0 Å². The summed E-state index contributed by atoms with van der Waals surface area (Å²) in [6.07, 6.45) is 0. The Morgan fingerprint density at radius 1 is 1.62 bits per heavy atom. The van der Waals surface area contributed by atoms with Gasteiger partial charge in [0.15, 0.2) is 5.78 Å². The number of ether oxygens (including phenoxy) is 1. The third-order valence-corrected chi connectivity index (χ3v) is 3.00. The van der Waals surface area contributed by atoms with Gasteiger partial charge in [-0.05, 0) is 25.1 Å². The van der Waals surface area contributed by atoms with Crippen molar-refractivity contribution >= 4 is 11.5 Å². The van der Waals surface area contributed by atoms with Crippen LogP contribution in [0.3, 0.4) is 0 Å². The molecule has 86 valence electrons. The van der Waals surface area contributed by atoms with Crippen molar-refractivity contribution in [3.05, 3.63) is 23.8 Å². The molecule has 0 bridgehead atoms. The zero-order valence-electron chi connectivity index (χ0n) is 9.56. The van der Waals surface area contributed by atoms with Gasteiger partial charge in [0.1, 0.15) is 12.4 Å². The van der Waals surface area contributed by atoms with E-state index in [0.29, 0.717) is 18.7 Å². The minimum absolute atomic E-state index is 0.0612. The molecule has 1 aromatic carbocycles. The van der Waals surface area contributed by atoms with Crippen LogP contribution in [0.1, 0.15) is 17.3 Å². The minimum atomic E-state index is 0.0612. The first-order chi connectivity index (χ1) is 7.63. The maximum absolute atomic E-state index is 11.3. The van der Waals surface area contributed by atoms with E-state index in [1.807, 2.05) is 19.2 Å². The zero-order chi connectivity index (χ0) is 11.7. The highest BCUT2D eigenvalue weighted by molar-refractivity contribution is 5.95. The van der Waals surface area contributed by atoms with Crippen LogP contribution >= 0.6 is 0 Å². The first kappa shape index (κ1) is 11.0. The van der Waals surface area contributed by atoms with Crippen molar-refractivity contribution in [2.24, 2.45) is 5.73 Å². The summed E-state index contributed by atoms with van der Waals surface area (Å²) in [5.41, 5.74) is 7.30. The van der Waals surface area contributed by atoms with Crippen LogP contribution in [0.15, 0.2) is 18.2 Å². The number of Topliss-reactive ketones (excluding diaryl/α,β-unsaturated/α-hetero) is 1. The van der Waals surface area contributed by atoms with Crippen molar-refractivity contribution in [3.8, 4) is 5.75 Å². The highest BCUT2D eigenvalue weighted by atomic mass is 16.5. The van der Waals surface area contributed by atoms with Gasteiger partial charge >= 0.3 is 0 Å². The molecule has 0 aromatic heterocycles. The molecule has 0 aliphatic carbocycles. The van der Waals surface area contributed by atoms with Gasteiger partial charge in [-0.2, -0.15) is 0 Å². The van der Waals surface area contributed by atoms with E-state index in [0.717, 1.165) is 11.4 Å². The molecule has 0 amide bonds. The monoisotopic (exact) mass is 220 g/mol. The number of nitrogens with zero attached hydrogens (tertiary/aromatic N) is 1. The highest BCUT2D eigenvalue weighted by Gasteiger charge is 2.23. The highest BCUT2D eigenvalue weighted by Crippen LogP contribution is 2.33. The van der Waals surface area contributed by atoms with Gasteiger partial charge in [-0.1, -0.05) is 0 Å². The van der Waals surface area contributed by atoms with Crippen molar-refractivity contribution in [3.63, 3.8) is 0 Å². The number of fused-ring (bicyclic) bond motifs is 1. The van der Waals surface area contributed by atoms with Crippen LogP contribution in [0.25, 0.3) is 0 Å². The zero-order valence-corrected chi connectivity index (χ0v) is 9.56. The maximum atomic E-state index is 11.3. The lowest BCUT2D eigenvalue weighted by atomic mass is 10.1. The lowest BCUT2D eigenvalue weighted by Crippen LogP contribution is -2.45. The number of ketones is 1. The molecular weight excluding hydrogens is 204 g/mol. The molecule has 4 heteroatoms. The summed E-state index contributed by atoms with van der Waals surface area (Å²) in [6, 6.07) is 5.67. The van der Waals surface area contributed by atoms with E-state index in [1.54, 1.807) is 13.0 Å².